The quantitative estimate of drug-likeness (QED) is 0.255. The first-order valence-electron chi connectivity index (χ1n) is 6.63. The summed E-state index contributed by atoms with van der Waals surface area (Å²) in [5, 5.41) is 11.4. The van der Waals surface area contributed by atoms with Gasteiger partial charge in [0.05, 0.1) is 6.54 Å². The predicted octanol–water partition coefficient (Wildman–Crippen LogP) is 1.76. The molecule has 0 saturated carbocycles. The molecule has 2 aromatic rings. The third-order valence-electron chi connectivity index (χ3n) is 2.79. The Bertz CT molecular complexity index is 619. The Morgan fingerprint density at radius 3 is 3.00 bits per heavy atom. The van der Waals surface area contributed by atoms with E-state index in [1.54, 1.807) is 0 Å². The predicted molar refractivity (Wildman–Crippen MR) is 96.0 cm³/mol. The van der Waals surface area contributed by atoms with Crippen molar-refractivity contribution in [1.29, 1.82) is 0 Å². The number of aliphatic imine (C=N–C) groups is 1. The van der Waals surface area contributed by atoms with Gasteiger partial charge < -0.3 is 11.1 Å². The summed E-state index contributed by atoms with van der Waals surface area (Å²) in [6.45, 7) is 7.02. The minimum Gasteiger partial charge on any atom is -0.370 e. The fraction of sp³-hybridized carbons (Fsp3) is 0.357. The second-order valence-corrected chi connectivity index (χ2v) is 4.73. The van der Waals surface area contributed by atoms with Crippen molar-refractivity contribution in [1.82, 2.24) is 19.9 Å². The van der Waals surface area contributed by atoms with Crippen LogP contribution in [0, 0.1) is 0 Å². The van der Waals surface area contributed by atoms with E-state index in [-0.39, 0.29) is 24.0 Å². The van der Waals surface area contributed by atoms with E-state index in [9.17, 15) is 0 Å². The van der Waals surface area contributed by atoms with Gasteiger partial charge in [0.25, 0.3) is 0 Å². The van der Waals surface area contributed by atoms with Crippen LogP contribution in [0.4, 0.5) is 0 Å². The topological polar surface area (TPSA) is 80.6 Å². The molecule has 0 fully saturated rings. The highest BCUT2D eigenvalue weighted by Gasteiger charge is 2.03. The lowest BCUT2D eigenvalue weighted by Crippen LogP contribution is -2.32. The van der Waals surface area contributed by atoms with Crippen molar-refractivity contribution in [2.75, 3.05) is 13.1 Å². The number of hydrogen-bond acceptors (Lipinski definition) is 3. The Hall–Kier alpha value is -1.64. The molecule has 21 heavy (non-hydrogen) atoms. The van der Waals surface area contributed by atoms with Crippen LogP contribution in [-0.4, -0.2) is 33.6 Å². The van der Waals surface area contributed by atoms with Crippen LogP contribution in [0.2, 0.25) is 0 Å². The van der Waals surface area contributed by atoms with E-state index in [0.29, 0.717) is 12.5 Å². The molecule has 0 atom stereocenters. The molecule has 2 rings (SSSR count). The zero-order chi connectivity index (χ0) is 14.4. The molecular weight excluding hydrogens is 379 g/mol. The average molecular weight is 400 g/mol. The molecule has 6 nitrogen and oxygen atoms in total. The van der Waals surface area contributed by atoms with E-state index >= 15 is 0 Å². The average Bonchev–Trinajstić information content (AvgIpc) is 2.85. The zero-order valence-electron chi connectivity index (χ0n) is 12.1. The molecular formula is C14H21IN6. The maximum atomic E-state index is 5.74. The van der Waals surface area contributed by atoms with Crippen LogP contribution in [0.25, 0.3) is 5.65 Å². The van der Waals surface area contributed by atoms with Crippen molar-refractivity contribution >= 4 is 35.6 Å². The van der Waals surface area contributed by atoms with Crippen molar-refractivity contribution in [2.45, 2.75) is 19.8 Å². The number of nitrogens with one attached hydrogen (secondary N) is 1. The Balaban J connectivity index is 0.00000220. The number of aromatic nitrogens is 3. The maximum Gasteiger partial charge on any atom is 0.188 e. The second kappa shape index (κ2) is 8.60. The summed E-state index contributed by atoms with van der Waals surface area (Å²) in [4.78, 5) is 4.16. The molecule has 3 N–H and O–H groups in total. The van der Waals surface area contributed by atoms with E-state index < -0.39 is 0 Å². The van der Waals surface area contributed by atoms with Gasteiger partial charge in [-0.2, -0.15) is 0 Å². The van der Waals surface area contributed by atoms with Crippen LogP contribution in [0.5, 0.6) is 0 Å². The summed E-state index contributed by atoms with van der Waals surface area (Å²) in [7, 11) is 0. The minimum atomic E-state index is 0. The smallest absolute Gasteiger partial charge is 0.188 e. The van der Waals surface area contributed by atoms with Gasteiger partial charge in [-0.1, -0.05) is 18.2 Å². The maximum absolute atomic E-state index is 5.74. The van der Waals surface area contributed by atoms with E-state index in [1.165, 1.54) is 0 Å². The van der Waals surface area contributed by atoms with Crippen molar-refractivity contribution in [3.05, 3.63) is 42.4 Å². The lowest BCUT2D eigenvalue weighted by molar-refractivity contribution is 0.729. The van der Waals surface area contributed by atoms with Crippen molar-refractivity contribution in [3.63, 3.8) is 0 Å². The van der Waals surface area contributed by atoms with Crippen LogP contribution >= 0.6 is 24.0 Å². The van der Waals surface area contributed by atoms with Gasteiger partial charge in [0.2, 0.25) is 0 Å². The van der Waals surface area contributed by atoms with Crippen LogP contribution in [0.15, 0.2) is 41.5 Å². The largest absolute Gasteiger partial charge is 0.370 e. The molecule has 2 aromatic heterocycles. The highest BCUT2D eigenvalue weighted by atomic mass is 127. The third-order valence-corrected chi connectivity index (χ3v) is 2.79. The first-order chi connectivity index (χ1) is 9.66. The number of halogens is 1. The first kappa shape index (κ1) is 17.4. The highest BCUT2D eigenvalue weighted by Crippen LogP contribution is 2.04. The lowest BCUT2D eigenvalue weighted by atomic mass is 10.3. The van der Waals surface area contributed by atoms with Crippen molar-refractivity contribution in [2.24, 2.45) is 10.7 Å². The van der Waals surface area contributed by atoms with Gasteiger partial charge in [0.15, 0.2) is 11.6 Å². The van der Waals surface area contributed by atoms with Gasteiger partial charge in [-0.25, -0.2) is 4.99 Å². The molecule has 0 bridgehead atoms. The number of nitrogens with two attached hydrogens (primary N) is 1. The zero-order valence-corrected chi connectivity index (χ0v) is 14.4. The van der Waals surface area contributed by atoms with Crippen LogP contribution in [0.3, 0.4) is 0 Å². The van der Waals surface area contributed by atoms with Gasteiger partial charge in [-0.3, -0.25) is 4.40 Å². The molecule has 7 heteroatoms. The second-order valence-electron chi connectivity index (χ2n) is 4.73. The molecule has 114 valence electrons. The van der Waals surface area contributed by atoms with Crippen molar-refractivity contribution in [3.8, 4) is 0 Å². The number of rotatable bonds is 6. The van der Waals surface area contributed by atoms with E-state index in [2.05, 4.69) is 27.1 Å². The van der Waals surface area contributed by atoms with Gasteiger partial charge in [-0.05, 0) is 25.5 Å². The third kappa shape index (κ3) is 5.33. The van der Waals surface area contributed by atoms with Crippen LogP contribution < -0.4 is 11.1 Å². The number of guanidine groups is 1. The van der Waals surface area contributed by atoms with Crippen molar-refractivity contribution < 1.29 is 0 Å². The number of hydrogen-bond donors (Lipinski definition) is 2. The normalized spacial score (nSPS) is 11.2. The van der Waals surface area contributed by atoms with Crippen LogP contribution in [-0.2, 0) is 6.42 Å². The molecule has 0 saturated heterocycles. The number of nitrogens with zero attached hydrogens (tertiary/aromatic N) is 4. The Kier molecular flexibility index (Phi) is 7.13. The Morgan fingerprint density at radius 1 is 1.43 bits per heavy atom. The highest BCUT2D eigenvalue weighted by molar-refractivity contribution is 14.0. The summed E-state index contributed by atoms with van der Waals surface area (Å²) in [6, 6.07) is 5.87. The molecule has 0 aliphatic rings. The number of aryl methyl sites for hydroxylation is 1. The van der Waals surface area contributed by atoms with E-state index in [4.69, 9.17) is 5.73 Å². The first-order valence-corrected chi connectivity index (χ1v) is 6.63. The van der Waals surface area contributed by atoms with Gasteiger partial charge in [0.1, 0.15) is 5.82 Å². The lowest BCUT2D eigenvalue weighted by Gasteiger charge is -2.05. The molecule has 0 radical (unpaired) electrons. The molecule has 0 aliphatic heterocycles. The summed E-state index contributed by atoms with van der Waals surface area (Å²) >= 11 is 0. The Labute approximate surface area is 141 Å². The fourth-order valence-electron chi connectivity index (χ4n) is 1.80. The van der Waals surface area contributed by atoms with E-state index in [0.717, 1.165) is 36.4 Å². The molecule has 0 aliphatic carbocycles. The monoisotopic (exact) mass is 400 g/mol. The van der Waals surface area contributed by atoms with Crippen LogP contribution in [0.1, 0.15) is 19.2 Å². The summed E-state index contributed by atoms with van der Waals surface area (Å²) in [6.07, 6.45) is 3.73. The molecule has 0 spiro atoms. The van der Waals surface area contributed by atoms with Gasteiger partial charge in [-0.15, -0.1) is 34.2 Å². The molecule has 0 amide bonds. The summed E-state index contributed by atoms with van der Waals surface area (Å²) in [5.41, 5.74) is 7.60. The molecule has 0 unspecified atom stereocenters. The number of fused-ring (bicyclic) bond motifs is 1. The molecule has 0 aromatic carbocycles. The summed E-state index contributed by atoms with van der Waals surface area (Å²) in [5.74, 6) is 1.42. The standard InChI is InChI=1S/C14H20N6.HI/c1-11(2)10-17-14(15)16-8-5-7-13-19-18-12-6-3-4-9-20(12)13;/h3-4,6,9H,1,5,7-8,10H2,2H3,(H3,15,16,17);1H. The van der Waals surface area contributed by atoms with Gasteiger partial charge >= 0.3 is 0 Å². The van der Waals surface area contributed by atoms with E-state index in [1.807, 2.05) is 35.7 Å². The SMILES string of the molecule is C=C(C)CN=C(N)NCCCc1nnc2ccccn12.I. The number of pyridine rings is 1. The molecule has 2 heterocycles. The van der Waals surface area contributed by atoms with Gasteiger partial charge in [0, 0.05) is 19.2 Å². The summed E-state index contributed by atoms with van der Waals surface area (Å²) < 4.78 is 2.00. The Morgan fingerprint density at radius 2 is 2.24 bits per heavy atom. The minimum absolute atomic E-state index is 0. The fourth-order valence-corrected chi connectivity index (χ4v) is 1.80.